The molecular weight excluding hydrogens is 398 g/mol. The van der Waals surface area contributed by atoms with Crippen LogP contribution in [0.3, 0.4) is 0 Å². The number of carbonyl (C=O) groups is 1. The smallest absolute Gasteiger partial charge is 0.276 e. The van der Waals surface area contributed by atoms with E-state index in [-0.39, 0.29) is 5.91 Å². The lowest BCUT2D eigenvalue weighted by atomic mass is 10.1. The second-order valence-electron chi connectivity index (χ2n) is 8.06. The number of aromatic nitrogens is 1. The molecule has 31 heavy (non-hydrogen) atoms. The van der Waals surface area contributed by atoms with Crippen molar-refractivity contribution in [3.05, 3.63) is 34.7 Å². The summed E-state index contributed by atoms with van der Waals surface area (Å²) in [6, 6.07) is 3.90. The van der Waals surface area contributed by atoms with Crippen molar-refractivity contribution in [3.63, 3.8) is 0 Å². The summed E-state index contributed by atoms with van der Waals surface area (Å²) in [5, 5.41) is 4.14. The molecule has 1 saturated heterocycles. The van der Waals surface area contributed by atoms with Gasteiger partial charge in [-0.25, -0.2) is 0 Å². The number of nitrogens with zero attached hydrogens (tertiary/aromatic N) is 3. The number of ether oxygens (including phenoxy) is 3. The molecule has 0 saturated carbocycles. The maximum atomic E-state index is 13.1. The summed E-state index contributed by atoms with van der Waals surface area (Å²) in [7, 11) is 4.86. The van der Waals surface area contributed by atoms with E-state index in [9.17, 15) is 4.79 Å². The molecule has 1 aromatic heterocycles. The van der Waals surface area contributed by atoms with Crippen LogP contribution in [0.1, 0.15) is 46.6 Å². The van der Waals surface area contributed by atoms with Gasteiger partial charge in [-0.3, -0.25) is 9.69 Å². The average molecular weight is 430 g/mol. The number of benzene rings is 1. The SMILES string of the molecule is COc1ccc(CN2CCN(C(=O)c3noc4c3CCCCC4)CC2)c(OC)c1OC. The van der Waals surface area contributed by atoms with E-state index >= 15 is 0 Å². The van der Waals surface area contributed by atoms with E-state index in [4.69, 9.17) is 18.7 Å². The molecule has 2 aliphatic rings. The van der Waals surface area contributed by atoms with Gasteiger partial charge in [0.25, 0.3) is 5.91 Å². The first-order chi connectivity index (χ1) is 15.2. The third-order valence-electron chi connectivity index (χ3n) is 6.24. The molecule has 8 heteroatoms. The van der Waals surface area contributed by atoms with Gasteiger partial charge in [0.1, 0.15) is 5.76 Å². The number of rotatable bonds is 6. The number of amides is 1. The van der Waals surface area contributed by atoms with Crippen LogP contribution in [0.5, 0.6) is 17.2 Å². The fourth-order valence-corrected chi connectivity index (χ4v) is 4.52. The predicted octanol–water partition coefficient (Wildman–Crippen LogP) is 2.93. The summed E-state index contributed by atoms with van der Waals surface area (Å²) in [5.41, 5.74) is 2.58. The zero-order chi connectivity index (χ0) is 21.8. The lowest BCUT2D eigenvalue weighted by Gasteiger charge is -2.34. The molecular formula is C23H31N3O5. The number of hydrogen-bond donors (Lipinski definition) is 0. The van der Waals surface area contributed by atoms with E-state index in [0.717, 1.165) is 55.7 Å². The van der Waals surface area contributed by atoms with Crippen molar-refractivity contribution >= 4 is 5.91 Å². The second-order valence-corrected chi connectivity index (χ2v) is 8.06. The molecule has 2 heterocycles. The van der Waals surface area contributed by atoms with Crippen LogP contribution in [0.4, 0.5) is 0 Å². The van der Waals surface area contributed by atoms with Gasteiger partial charge in [0.2, 0.25) is 5.75 Å². The third-order valence-corrected chi connectivity index (χ3v) is 6.24. The van der Waals surface area contributed by atoms with Crippen molar-refractivity contribution in [1.82, 2.24) is 15.0 Å². The van der Waals surface area contributed by atoms with Crippen molar-refractivity contribution in [2.45, 2.75) is 38.6 Å². The van der Waals surface area contributed by atoms with Gasteiger partial charge in [-0.15, -0.1) is 0 Å². The van der Waals surface area contributed by atoms with Gasteiger partial charge in [0.15, 0.2) is 17.2 Å². The van der Waals surface area contributed by atoms with Crippen LogP contribution >= 0.6 is 0 Å². The number of methoxy groups -OCH3 is 3. The summed E-state index contributed by atoms with van der Waals surface area (Å²) in [5.74, 6) is 2.83. The van der Waals surface area contributed by atoms with Gasteiger partial charge in [0.05, 0.1) is 21.3 Å². The van der Waals surface area contributed by atoms with Crippen LogP contribution < -0.4 is 14.2 Å². The molecule has 2 aromatic rings. The van der Waals surface area contributed by atoms with Crippen LogP contribution in [-0.4, -0.2) is 68.4 Å². The minimum absolute atomic E-state index is 0.00440. The van der Waals surface area contributed by atoms with E-state index in [1.54, 1.807) is 21.3 Å². The van der Waals surface area contributed by atoms with Crippen LogP contribution in [0, 0.1) is 0 Å². The molecule has 0 bridgehead atoms. The molecule has 1 aliphatic heterocycles. The zero-order valence-corrected chi connectivity index (χ0v) is 18.6. The van der Waals surface area contributed by atoms with Crippen LogP contribution in [-0.2, 0) is 19.4 Å². The Kier molecular flexibility index (Phi) is 6.65. The highest BCUT2D eigenvalue weighted by atomic mass is 16.5. The number of carbonyl (C=O) groups excluding carboxylic acids is 1. The van der Waals surface area contributed by atoms with Gasteiger partial charge in [-0.05, 0) is 25.3 Å². The Bertz CT molecular complexity index is 918. The number of aryl methyl sites for hydroxylation is 1. The fraction of sp³-hybridized carbons (Fsp3) is 0.565. The van der Waals surface area contributed by atoms with E-state index < -0.39 is 0 Å². The predicted molar refractivity (Wildman–Crippen MR) is 115 cm³/mol. The summed E-state index contributed by atoms with van der Waals surface area (Å²) in [6.45, 7) is 3.60. The Morgan fingerprint density at radius 2 is 1.71 bits per heavy atom. The van der Waals surface area contributed by atoms with Crippen molar-refractivity contribution in [1.29, 1.82) is 0 Å². The Morgan fingerprint density at radius 3 is 2.42 bits per heavy atom. The van der Waals surface area contributed by atoms with Crippen molar-refractivity contribution in [3.8, 4) is 17.2 Å². The van der Waals surface area contributed by atoms with E-state index in [1.165, 1.54) is 6.42 Å². The lowest BCUT2D eigenvalue weighted by Crippen LogP contribution is -2.48. The fourth-order valence-electron chi connectivity index (χ4n) is 4.52. The standard InChI is InChI=1S/C23H31N3O5/c1-28-19-10-9-16(21(29-2)22(19)30-3)15-25-11-13-26(14-12-25)23(27)20-17-7-5-4-6-8-18(17)31-24-20/h9-10H,4-8,11-15H2,1-3H3. The maximum Gasteiger partial charge on any atom is 0.276 e. The topological polar surface area (TPSA) is 77.3 Å². The summed E-state index contributed by atoms with van der Waals surface area (Å²) in [6.07, 6.45) is 5.15. The first-order valence-electron chi connectivity index (χ1n) is 10.9. The molecule has 1 fully saturated rings. The van der Waals surface area contributed by atoms with Crippen LogP contribution in [0.25, 0.3) is 0 Å². The number of hydrogen-bond acceptors (Lipinski definition) is 7. The lowest BCUT2D eigenvalue weighted by molar-refractivity contribution is 0.0616. The molecule has 1 aromatic carbocycles. The van der Waals surface area contributed by atoms with Crippen molar-refractivity contribution in [2.75, 3.05) is 47.5 Å². The van der Waals surface area contributed by atoms with Gasteiger partial charge in [-0.2, -0.15) is 0 Å². The van der Waals surface area contributed by atoms with Crippen molar-refractivity contribution in [2.24, 2.45) is 0 Å². The van der Waals surface area contributed by atoms with E-state index in [1.807, 2.05) is 17.0 Å². The molecule has 168 valence electrons. The molecule has 0 spiro atoms. The van der Waals surface area contributed by atoms with Crippen LogP contribution in [0.15, 0.2) is 16.7 Å². The molecule has 0 N–H and O–H groups in total. The Balaban J connectivity index is 1.41. The van der Waals surface area contributed by atoms with Crippen LogP contribution in [0.2, 0.25) is 0 Å². The summed E-state index contributed by atoms with van der Waals surface area (Å²) < 4.78 is 22.0. The van der Waals surface area contributed by atoms with E-state index in [0.29, 0.717) is 42.6 Å². The first kappa shape index (κ1) is 21.5. The van der Waals surface area contributed by atoms with Gasteiger partial charge >= 0.3 is 0 Å². The monoisotopic (exact) mass is 429 g/mol. The highest BCUT2D eigenvalue weighted by Gasteiger charge is 2.29. The van der Waals surface area contributed by atoms with Gasteiger partial charge in [0, 0.05) is 50.3 Å². The zero-order valence-electron chi connectivity index (χ0n) is 18.6. The quantitative estimate of drug-likeness (QED) is 0.654. The molecule has 0 atom stereocenters. The van der Waals surface area contributed by atoms with Gasteiger partial charge in [-0.1, -0.05) is 17.6 Å². The second kappa shape index (κ2) is 9.60. The molecule has 1 aliphatic carbocycles. The molecule has 0 unspecified atom stereocenters. The molecule has 0 radical (unpaired) electrons. The van der Waals surface area contributed by atoms with E-state index in [2.05, 4.69) is 10.1 Å². The minimum Gasteiger partial charge on any atom is -0.493 e. The molecule has 8 nitrogen and oxygen atoms in total. The average Bonchev–Trinajstić information content (AvgIpc) is 3.06. The Hall–Kier alpha value is -2.74. The highest BCUT2D eigenvalue weighted by Crippen LogP contribution is 2.40. The number of fused-ring (bicyclic) bond motifs is 1. The minimum atomic E-state index is -0.00440. The largest absolute Gasteiger partial charge is 0.493 e. The highest BCUT2D eigenvalue weighted by molar-refractivity contribution is 5.94. The first-order valence-corrected chi connectivity index (χ1v) is 10.9. The molecule has 1 amide bonds. The Morgan fingerprint density at radius 1 is 0.968 bits per heavy atom. The Labute approximate surface area is 183 Å². The number of piperazine rings is 1. The summed E-state index contributed by atoms with van der Waals surface area (Å²) in [4.78, 5) is 17.3. The van der Waals surface area contributed by atoms with Gasteiger partial charge < -0.3 is 23.6 Å². The molecule has 4 rings (SSSR count). The maximum absolute atomic E-state index is 13.1. The summed E-state index contributed by atoms with van der Waals surface area (Å²) >= 11 is 0. The van der Waals surface area contributed by atoms with Crippen molar-refractivity contribution < 1.29 is 23.5 Å². The third kappa shape index (κ3) is 4.35. The normalized spacial score (nSPS) is 17.1.